The number of hydrogen-bond acceptors (Lipinski definition) is 3. The molecule has 0 unspecified atom stereocenters. The summed E-state index contributed by atoms with van der Waals surface area (Å²) in [6, 6.07) is 0.176. The Balaban J connectivity index is 3.77. The largest absolute Gasteiger partial charge is 0.376 e. The van der Waals surface area contributed by atoms with E-state index in [9.17, 15) is 0 Å². The SMILES string of the molecule is CC(C)C[C@@H](C)NC(=S)[C@@H](N)CN. The van der Waals surface area contributed by atoms with Gasteiger partial charge in [-0.3, -0.25) is 0 Å². The van der Waals surface area contributed by atoms with Crippen molar-refractivity contribution in [2.24, 2.45) is 17.4 Å². The third kappa shape index (κ3) is 5.96. The maximum Gasteiger partial charge on any atom is 0.0938 e. The van der Waals surface area contributed by atoms with Crippen LogP contribution in [0, 0.1) is 5.92 Å². The summed E-state index contributed by atoms with van der Waals surface area (Å²) in [7, 11) is 0. The molecule has 13 heavy (non-hydrogen) atoms. The minimum absolute atomic E-state index is 0.204. The second-order valence-corrected chi connectivity index (χ2v) is 4.32. The molecular weight excluding hydrogens is 182 g/mol. The Morgan fingerprint density at radius 2 is 1.92 bits per heavy atom. The van der Waals surface area contributed by atoms with Gasteiger partial charge in [0.25, 0.3) is 0 Å². The average molecular weight is 203 g/mol. The van der Waals surface area contributed by atoms with Crippen molar-refractivity contribution < 1.29 is 0 Å². The molecular formula is C9H21N3S. The van der Waals surface area contributed by atoms with E-state index in [0.29, 0.717) is 23.5 Å². The number of nitrogens with two attached hydrogens (primary N) is 2. The maximum absolute atomic E-state index is 5.67. The zero-order chi connectivity index (χ0) is 10.4. The lowest BCUT2D eigenvalue weighted by Gasteiger charge is -2.20. The molecule has 0 aliphatic heterocycles. The highest BCUT2D eigenvalue weighted by atomic mass is 32.1. The molecule has 0 aromatic heterocycles. The van der Waals surface area contributed by atoms with Crippen LogP contribution in [0.25, 0.3) is 0 Å². The molecule has 0 aliphatic carbocycles. The average Bonchev–Trinajstić information content (AvgIpc) is 2.01. The van der Waals surface area contributed by atoms with E-state index in [2.05, 4.69) is 26.1 Å². The highest BCUT2D eigenvalue weighted by Crippen LogP contribution is 2.03. The Morgan fingerprint density at radius 1 is 1.38 bits per heavy atom. The lowest BCUT2D eigenvalue weighted by molar-refractivity contribution is 0.489. The maximum atomic E-state index is 5.67. The van der Waals surface area contributed by atoms with Gasteiger partial charge in [0.2, 0.25) is 0 Å². The summed E-state index contributed by atoms with van der Waals surface area (Å²) < 4.78 is 0. The Bertz CT molecular complexity index is 159. The van der Waals surface area contributed by atoms with Crippen LogP contribution >= 0.6 is 12.2 Å². The highest BCUT2D eigenvalue weighted by Gasteiger charge is 2.10. The molecule has 0 heterocycles. The molecule has 5 N–H and O–H groups in total. The minimum atomic E-state index is -0.204. The number of hydrogen-bond donors (Lipinski definition) is 3. The lowest BCUT2D eigenvalue weighted by Crippen LogP contribution is -2.47. The Kier molecular flexibility index (Phi) is 6.20. The molecule has 0 amide bonds. The molecule has 0 aromatic rings. The van der Waals surface area contributed by atoms with Crippen molar-refractivity contribution in [2.75, 3.05) is 6.54 Å². The van der Waals surface area contributed by atoms with Gasteiger partial charge in [-0.1, -0.05) is 26.1 Å². The minimum Gasteiger partial charge on any atom is -0.376 e. The molecule has 0 aliphatic rings. The van der Waals surface area contributed by atoms with Gasteiger partial charge >= 0.3 is 0 Å². The topological polar surface area (TPSA) is 64.1 Å². The molecule has 0 fully saturated rings. The molecule has 0 saturated carbocycles. The second-order valence-electron chi connectivity index (χ2n) is 3.88. The predicted octanol–water partition coefficient (Wildman–Crippen LogP) is 0.624. The van der Waals surface area contributed by atoms with Gasteiger partial charge in [-0.15, -0.1) is 0 Å². The number of thiocarbonyl (C=S) groups is 1. The fourth-order valence-electron chi connectivity index (χ4n) is 1.22. The summed E-state index contributed by atoms with van der Waals surface area (Å²) in [5.74, 6) is 0.666. The zero-order valence-electron chi connectivity index (χ0n) is 8.71. The quantitative estimate of drug-likeness (QED) is 0.573. The molecule has 0 spiro atoms. The van der Waals surface area contributed by atoms with Crippen LogP contribution in [0.3, 0.4) is 0 Å². The first-order chi connectivity index (χ1) is 5.97. The first-order valence-electron chi connectivity index (χ1n) is 4.73. The number of rotatable bonds is 5. The third-order valence-corrected chi connectivity index (χ3v) is 2.22. The van der Waals surface area contributed by atoms with Crippen LogP contribution in [0.15, 0.2) is 0 Å². The van der Waals surface area contributed by atoms with Crippen LogP contribution in [0.2, 0.25) is 0 Å². The van der Waals surface area contributed by atoms with E-state index in [1.165, 1.54) is 0 Å². The van der Waals surface area contributed by atoms with E-state index in [1.54, 1.807) is 0 Å². The molecule has 0 bridgehead atoms. The van der Waals surface area contributed by atoms with Crippen molar-refractivity contribution in [3.05, 3.63) is 0 Å². The van der Waals surface area contributed by atoms with E-state index < -0.39 is 0 Å². The zero-order valence-corrected chi connectivity index (χ0v) is 9.53. The van der Waals surface area contributed by atoms with E-state index >= 15 is 0 Å². The van der Waals surface area contributed by atoms with Crippen LogP contribution < -0.4 is 16.8 Å². The first kappa shape index (κ1) is 12.8. The fraction of sp³-hybridized carbons (Fsp3) is 0.889. The standard InChI is InChI=1S/C9H21N3S/c1-6(2)4-7(3)12-9(13)8(11)5-10/h6-8H,4-5,10-11H2,1-3H3,(H,12,13)/t7-,8+/m1/s1. The van der Waals surface area contributed by atoms with Crippen molar-refractivity contribution in [2.45, 2.75) is 39.3 Å². The highest BCUT2D eigenvalue weighted by molar-refractivity contribution is 7.80. The van der Waals surface area contributed by atoms with Gasteiger partial charge in [0.15, 0.2) is 0 Å². The molecule has 0 saturated heterocycles. The van der Waals surface area contributed by atoms with Crippen LogP contribution in [-0.2, 0) is 0 Å². The van der Waals surface area contributed by atoms with E-state index in [1.807, 2.05) is 0 Å². The molecule has 0 rings (SSSR count). The summed E-state index contributed by atoms with van der Waals surface area (Å²) in [6.07, 6.45) is 1.09. The van der Waals surface area contributed by atoms with E-state index in [4.69, 9.17) is 23.7 Å². The molecule has 78 valence electrons. The van der Waals surface area contributed by atoms with E-state index in [-0.39, 0.29) is 6.04 Å². The summed E-state index contributed by atoms with van der Waals surface area (Å²) in [6.45, 7) is 6.88. The van der Waals surface area contributed by atoms with Gasteiger partial charge in [0, 0.05) is 12.6 Å². The molecule has 0 radical (unpaired) electrons. The summed E-state index contributed by atoms with van der Waals surface area (Å²) in [5.41, 5.74) is 11.1. The lowest BCUT2D eigenvalue weighted by atomic mass is 10.1. The van der Waals surface area contributed by atoms with Crippen molar-refractivity contribution in [1.29, 1.82) is 0 Å². The first-order valence-corrected chi connectivity index (χ1v) is 5.14. The van der Waals surface area contributed by atoms with Crippen LogP contribution in [0.1, 0.15) is 27.2 Å². The summed E-state index contributed by atoms with van der Waals surface area (Å²) >= 11 is 5.09. The van der Waals surface area contributed by atoms with Gasteiger partial charge < -0.3 is 16.8 Å². The van der Waals surface area contributed by atoms with E-state index in [0.717, 1.165) is 6.42 Å². The smallest absolute Gasteiger partial charge is 0.0938 e. The Labute approximate surface area is 86.2 Å². The van der Waals surface area contributed by atoms with Gasteiger partial charge in [-0.05, 0) is 19.3 Å². The molecule has 3 nitrogen and oxygen atoms in total. The third-order valence-electron chi connectivity index (χ3n) is 1.80. The van der Waals surface area contributed by atoms with Gasteiger partial charge in [-0.25, -0.2) is 0 Å². The molecule has 0 aromatic carbocycles. The summed E-state index contributed by atoms with van der Waals surface area (Å²) in [4.78, 5) is 0.677. The van der Waals surface area contributed by atoms with Gasteiger partial charge in [0.05, 0.1) is 11.0 Å². The monoisotopic (exact) mass is 203 g/mol. The van der Waals surface area contributed by atoms with Crippen molar-refractivity contribution in [3.63, 3.8) is 0 Å². The fourth-order valence-corrected chi connectivity index (χ4v) is 1.52. The Morgan fingerprint density at radius 3 is 2.31 bits per heavy atom. The normalized spacial score (nSPS) is 15.5. The van der Waals surface area contributed by atoms with Crippen LogP contribution in [0.4, 0.5) is 0 Å². The van der Waals surface area contributed by atoms with Crippen LogP contribution in [-0.4, -0.2) is 23.6 Å². The number of nitrogens with one attached hydrogen (secondary N) is 1. The second kappa shape index (κ2) is 6.29. The molecule has 2 atom stereocenters. The van der Waals surface area contributed by atoms with Crippen LogP contribution in [0.5, 0.6) is 0 Å². The molecule has 4 heteroatoms. The van der Waals surface area contributed by atoms with Crippen molar-refractivity contribution in [3.8, 4) is 0 Å². The van der Waals surface area contributed by atoms with Gasteiger partial charge in [-0.2, -0.15) is 0 Å². The van der Waals surface area contributed by atoms with Crippen molar-refractivity contribution in [1.82, 2.24) is 5.32 Å². The predicted molar refractivity (Wildman–Crippen MR) is 61.7 cm³/mol. The summed E-state index contributed by atoms with van der Waals surface area (Å²) in [5, 5.41) is 3.19. The van der Waals surface area contributed by atoms with Crippen molar-refractivity contribution >= 4 is 17.2 Å². The van der Waals surface area contributed by atoms with Gasteiger partial charge in [0.1, 0.15) is 0 Å². The Hall–Kier alpha value is -0.190.